The minimum atomic E-state index is -3.54. The molecule has 1 aromatic carbocycles. The molecule has 71 heavy (non-hydrogen) atoms. The topological polar surface area (TPSA) is 279 Å². The van der Waals surface area contributed by atoms with Crippen LogP contribution in [0.25, 0.3) is 28.4 Å². The lowest BCUT2D eigenvalue weighted by atomic mass is 9.85. The molecule has 1 saturated heterocycles. The normalized spacial score (nSPS) is 18.2. The summed E-state index contributed by atoms with van der Waals surface area (Å²) in [5.74, 6) is 3.67. The van der Waals surface area contributed by atoms with Crippen LogP contribution >= 0.6 is 0 Å². The van der Waals surface area contributed by atoms with Crippen LogP contribution in [0.3, 0.4) is 0 Å². The van der Waals surface area contributed by atoms with Gasteiger partial charge in [-0.2, -0.15) is 0 Å². The van der Waals surface area contributed by atoms with Crippen molar-refractivity contribution in [2.24, 2.45) is 5.92 Å². The maximum atomic E-state index is 14.0. The van der Waals surface area contributed by atoms with E-state index in [-0.39, 0.29) is 86.8 Å². The molecule has 8 rings (SSSR count). The number of carbonyl (C=O) groups excluding carboxylic acids is 5. The summed E-state index contributed by atoms with van der Waals surface area (Å²) in [4.78, 5) is 95.4. The molecule has 374 valence electrons. The van der Waals surface area contributed by atoms with Crippen molar-refractivity contribution in [3.8, 4) is 34.7 Å². The largest absolute Gasteiger partial charge is 0.458 e. The van der Waals surface area contributed by atoms with Crippen molar-refractivity contribution in [2.45, 2.75) is 94.8 Å². The molecule has 0 saturated carbocycles. The van der Waals surface area contributed by atoms with Gasteiger partial charge >= 0.3 is 5.97 Å². The molecule has 4 aliphatic rings. The zero-order valence-corrected chi connectivity index (χ0v) is 40.8. The summed E-state index contributed by atoms with van der Waals surface area (Å²) in [5, 5.41) is 23.0. The second-order valence-corrected chi connectivity index (χ2v) is 20.3. The summed E-state index contributed by atoms with van der Waals surface area (Å²) >= 11 is 0. The molecule has 0 radical (unpaired) electrons. The van der Waals surface area contributed by atoms with E-state index >= 15 is 0 Å². The van der Waals surface area contributed by atoms with E-state index < -0.39 is 56.3 Å². The van der Waals surface area contributed by atoms with E-state index in [0.717, 1.165) is 6.26 Å². The number of nitrogens with zero attached hydrogens (tertiary/aromatic N) is 5. The highest BCUT2D eigenvalue weighted by Crippen LogP contribution is 2.43. The third kappa shape index (κ3) is 10.3. The minimum absolute atomic E-state index is 0.00264. The molecule has 5 N–H and O–H groups in total. The number of ether oxygens (including phenoxy) is 3. The molecule has 21 nitrogen and oxygen atoms in total. The molecule has 4 aliphatic heterocycles. The number of likely N-dealkylation sites (tertiary alicyclic amines) is 1. The molecular formula is C49H55N9O12S. The number of carbonyl (C=O) groups is 5. The SMILES string of the molecule is CC[C@@]1(O)C(=O)OCc2c1cc1n(c2=O)Cc2c-1nc1cc3c(cc1c2/C=C/CNC(=O)CNC(=O)C1(NC(=O)[C@@H](NC(=O)CCCC#Cc2cnc(S(C)(=O)=O)nc2)C(C)C)CCN(C)CC1)OCO3. The Hall–Kier alpha value is -7.22. The van der Waals surface area contributed by atoms with Gasteiger partial charge in [0, 0.05) is 73.7 Å². The number of aliphatic hydroxyl groups is 1. The second kappa shape index (κ2) is 20.2. The number of nitrogens with one attached hydrogen (secondary N) is 4. The Kier molecular flexibility index (Phi) is 14.3. The van der Waals surface area contributed by atoms with Gasteiger partial charge in [-0.05, 0) is 56.3 Å². The van der Waals surface area contributed by atoms with E-state index in [4.69, 9.17) is 19.2 Å². The maximum Gasteiger partial charge on any atom is 0.343 e. The number of aromatic nitrogens is 4. The molecule has 4 amide bonds. The molecule has 0 spiro atoms. The number of rotatable bonds is 15. The van der Waals surface area contributed by atoms with Crippen LogP contribution in [0.4, 0.5) is 0 Å². The van der Waals surface area contributed by atoms with Gasteiger partial charge < -0.3 is 50.1 Å². The van der Waals surface area contributed by atoms with Gasteiger partial charge in [-0.3, -0.25) is 24.0 Å². The van der Waals surface area contributed by atoms with Gasteiger partial charge in [-0.1, -0.05) is 44.8 Å². The number of hydrogen-bond donors (Lipinski definition) is 5. The number of cyclic esters (lactones) is 1. The number of esters is 1. The van der Waals surface area contributed by atoms with E-state index in [1.807, 2.05) is 11.9 Å². The summed E-state index contributed by atoms with van der Waals surface area (Å²) < 4.78 is 41.3. The number of amides is 4. The van der Waals surface area contributed by atoms with Gasteiger partial charge in [0.25, 0.3) is 5.56 Å². The summed E-state index contributed by atoms with van der Waals surface area (Å²) in [6.07, 6.45) is 8.48. The third-order valence-electron chi connectivity index (χ3n) is 13.1. The van der Waals surface area contributed by atoms with E-state index in [2.05, 4.69) is 43.1 Å². The average molecular weight is 994 g/mol. The van der Waals surface area contributed by atoms with E-state index in [0.29, 0.717) is 76.4 Å². The van der Waals surface area contributed by atoms with Gasteiger partial charge in [0.05, 0.1) is 41.1 Å². The Labute approximate surface area is 409 Å². The van der Waals surface area contributed by atoms with Gasteiger partial charge in [-0.15, -0.1) is 0 Å². The fourth-order valence-corrected chi connectivity index (χ4v) is 9.50. The van der Waals surface area contributed by atoms with Gasteiger partial charge in [-0.25, -0.2) is 28.2 Å². The quantitative estimate of drug-likeness (QED) is 0.0426. The number of hydrogen-bond acceptors (Lipinski definition) is 16. The lowest BCUT2D eigenvalue weighted by molar-refractivity contribution is -0.172. The number of benzene rings is 1. The van der Waals surface area contributed by atoms with Crippen molar-refractivity contribution in [3.63, 3.8) is 0 Å². The molecule has 7 heterocycles. The fraction of sp³-hybridized carbons (Fsp3) is 0.449. The van der Waals surface area contributed by atoms with Crippen molar-refractivity contribution in [3.05, 3.63) is 74.8 Å². The van der Waals surface area contributed by atoms with Crippen LogP contribution in [0, 0.1) is 17.8 Å². The third-order valence-corrected chi connectivity index (χ3v) is 14.0. The van der Waals surface area contributed by atoms with Crippen LogP contribution in [0.1, 0.15) is 87.1 Å². The van der Waals surface area contributed by atoms with Crippen LogP contribution in [0.15, 0.2) is 46.6 Å². The molecule has 3 aromatic heterocycles. The molecule has 2 atom stereocenters. The predicted molar refractivity (Wildman–Crippen MR) is 256 cm³/mol. The van der Waals surface area contributed by atoms with Crippen molar-refractivity contribution >= 4 is 56.4 Å². The molecule has 0 unspecified atom stereocenters. The smallest absolute Gasteiger partial charge is 0.343 e. The maximum absolute atomic E-state index is 14.0. The van der Waals surface area contributed by atoms with Gasteiger partial charge in [0.1, 0.15) is 18.2 Å². The predicted octanol–water partition coefficient (Wildman–Crippen LogP) is 1.19. The molecule has 0 aliphatic carbocycles. The highest BCUT2D eigenvalue weighted by Gasteiger charge is 2.46. The summed E-state index contributed by atoms with van der Waals surface area (Å²) in [6, 6.07) is 4.22. The second-order valence-electron chi connectivity index (χ2n) is 18.4. The van der Waals surface area contributed by atoms with Crippen LogP contribution < -0.4 is 36.3 Å². The average Bonchev–Trinajstić information content (AvgIpc) is 3.96. The fourth-order valence-electron chi connectivity index (χ4n) is 9.01. The van der Waals surface area contributed by atoms with Gasteiger partial charge in [0.2, 0.25) is 45.4 Å². The zero-order chi connectivity index (χ0) is 50.8. The number of sulfone groups is 1. The zero-order valence-electron chi connectivity index (χ0n) is 40.0. The summed E-state index contributed by atoms with van der Waals surface area (Å²) in [7, 11) is -1.63. The lowest BCUT2D eigenvalue weighted by Crippen LogP contribution is -2.66. The Bertz CT molecular complexity index is 3100. The number of pyridine rings is 2. The Morgan fingerprint density at radius 1 is 0.986 bits per heavy atom. The van der Waals surface area contributed by atoms with Crippen molar-refractivity contribution in [1.29, 1.82) is 0 Å². The van der Waals surface area contributed by atoms with E-state index in [9.17, 15) is 42.3 Å². The Balaban J connectivity index is 0.903. The van der Waals surface area contributed by atoms with Crippen LogP contribution in [-0.2, 0) is 57.3 Å². The number of piperidine rings is 1. The summed E-state index contributed by atoms with van der Waals surface area (Å²) in [6.45, 7) is 5.74. The van der Waals surface area contributed by atoms with Crippen molar-refractivity contribution < 1.29 is 51.7 Å². The first-order valence-electron chi connectivity index (χ1n) is 23.3. The monoisotopic (exact) mass is 993 g/mol. The molecule has 22 heteroatoms. The highest BCUT2D eigenvalue weighted by atomic mass is 32.2. The first-order chi connectivity index (χ1) is 33.8. The highest BCUT2D eigenvalue weighted by molar-refractivity contribution is 7.90. The van der Waals surface area contributed by atoms with Crippen molar-refractivity contribution in [1.82, 2.24) is 45.7 Å². The molecule has 1 fully saturated rings. The first kappa shape index (κ1) is 50.2. The Morgan fingerprint density at radius 3 is 2.39 bits per heavy atom. The molecule has 4 aromatic rings. The number of unbranched alkanes of at least 4 members (excludes halogenated alkanes) is 1. The Morgan fingerprint density at radius 2 is 1.70 bits per heavy atom. The van der Waals surface area contributed by atoms with E-state index in [1.165, 1.54) is 12.4 Å². The molecular weight excluding hydrogens is 939 g/mol. The summed E-state index contributed by atoms with van der Waals surface area (Å²) in [5.41, 5.74) is -0.119. The van der Waals surface area contributed by atoms with Crippen LogP contribution in [0.2, 0.25) is 0 Å². The van der Waals surface area contributed by atoms with Crippen molar-refractivity contribution in [2.75, 3.05) is 46.3 Å². The number of fused-ring (bicyclic) bond motifs is 6. The molecule has 0 bridgehead atoms. The van der Waals surface area contributed by atoms with Crippen LogP contribution in [-0.4, -0.2) is 125 Å². The van der Waals surface area contributed by atoms with Gasteiger partial charge in [0.15, 0.2) is 17.1 Å². The minimum Gasteiger partial charge on any atom is -0.458 e. The first-order valence-corrected chi connectivity index (χ1v) is 25.2. The van der Waals surface area contributed by atoms with Crippen LogP contribution in [0.5, 0.6) is 11.5 Å². The lowest BCUT2D eigenvalue weighted by Gasteiger charge is -2.41. The van der Waals surface area contributed by atoms with E-state index in [1.54, 1.807) is 55.7 Å². The standard InChI is InChI=1S/C49H55N9O12S/c1-6-49(65)34-20-36-42-32(25-58(36)44(62)33(34)26-68-46(49)64)30(31-19-37-38(70-27-69-37)21-35(31)54-42)12-10-16-50-40(60)24-51-45(63)48(14-17-57(4)18-15-48)56-43(61)41(28(2)3)55-39(59)13-9-7-8-11-29-22-52-47(53-23-29)71(5,66)67/h10,12,19-23,28,41,65H,6-7,9,13-18,24-27H2,1-5H3,(H,50,60)(H,51,63)(H,55,59)(H,56,61)/b12-10+/t41-,49-/m0/s1.